The van der Waals surface area contributed by atoms with Gasteiger partial charge in [0.2, 0.25) is 5.91 Å². The van der Waals surface area contributed by atoms with Crippen LogP contribution in [-0.4, -0.2) is 18.0 Å². The van der Waals surface area contributed by atoms with Crippen molar-refractivity contribution in [3.05, 3.63) is 29.3 Å². The second kappa shape index (κ2) is 3.96. The number of nitrogens with one attached hydrogen (secondary N) is 1. The third kappa shape index (κ3) is 2.05. The van der Waals surface area contributed by atoms with Crippen molar-refractivity contribution in [2.75, 3.05) is 5.32 Å². The lowest BCUT2D eigenvalue weighted by Crippen LogP contribution is -2.11. The molecule has 0 aliphatic carbocycles. The second-order valence-electron chi connectivity index (χ2n) is 4.05. The summed E-state index contributed by atoms with van der Waals surface area (Å²) >= 11 is 0. The quantitative estimate of drug-likeness (QED) is 0.771. The summed E-state index contributed by atoms with van der Waals surface area (Å²) < 4.78 is 5.07. The fourth-order valence-corrected chi connectivity index (χ4v) is 1.62. The first kappa shape index (κ1) is 10.7. The monoisotopic (exact) mass is 219 g/mol. The van der Waals surface area contributed by atoms with E-state index in [0.717, 1.165) is 5.56 Å². The van der Waals surface area contributed by atoms with Crippen LogP contribution in [-0.2, 0) is 16.0 Å². The largest absolute Gasteiger partial charge is 0.459 e. The summed E-state index contributed by atoms with van der Waals surface area (Å²) in [5.74, 6) is -0.400. The average Bonchev–Trinajstić information content (AvgIpc) is 2.55. The van der Waals surface area contributed by atoms with Crippen LogP contribution in [0.1, 0.15) is 29.8 Å². The van der Waals surface area contributed by atoms with Crippen LogP contribution in [0, 0.1) is 0 Å². The molecule has 0 bridgehead atoms. The maximum atomic E-state index is 11.6. The van der Waals surface area contributed by atoms with Gasteiger partial charge in [0.25, 0.3) is 0 Å². The van der Waals surface area contributed by atoms with Gasteiger partial charge in [-0.1, -0.05) is 6.07 Å². The molecule has 0 saturated heterocycles. The van der Waals surface area contributed by atoms with E-state index in [1.54, 1.807) is 32.0 Å². The number of benzene rings is 1. The van der Waals surface area contributed by atoms with E-state index in [1.807, 2.05) is 0 Å². The summed E-state index contributed by atoms with van der Waals surface area (Å²) in [6, 6.07) is 5.12. The van der Waals surface area contributed by atoms with Crippen LogP contribution in [0.3, 0.4) is 0 Å². The Balaban J connectivity index is 2.22. The van der Waals surface area contributed by atoms with Crippen molar-refractivity contribution in [3.63, 3.8) is 0 Å². The number of fused-ring (bicyclic) bond motifs is 1. The summed E-state index contributed by atoms with van der Waals surface area (Å²) in [7, 11) is 0. The summed E-state index contributed by atoms with van der Waals surface area (Å²) in [4.78, 5) is 22.7. The third-order valence-electron chi connectivity index (χ3n) is 2.31. The van der Waals surface area contributed by atoms with Crippen molar-refractivity contribution < 1.29 is 14.3 Å². The van der Waals surface area contributed by atoms with Crippen molar-refractivity contribution in [2.24, 2.45) is 0 Å². The smallest absolute Gasteiger partial charge is 0.338 e. The van der Waals surface area contributed by atoms with Gasteiger partial charge in [-0.3, -0.25) is 4.79 Å². The molecule has 0 aromatic heterocycles. The van der Waals surface area contributed by atoms with Crippen LogP contribution in [0.5, 0.6) is 0 Å². The van der Waals surface area contributed by atoms with E-state index >= 15 is 0 Å². The Morgan fingerprint density at radius 2 is 2.19 bits per heavy atom. The molecule has 1 heterocycles. The molecule has 4 nitrogen and oxygen atoms in total. The Morgan fingerprint density at radius 1 is 1.44 bits per heavy atom. The molecule has 0 spiro atoms. The average molecular weight is 219 g/mol. The first-order valence-electron chi connectivity index (χ1n) is 5.20. The van der Waals surface area contributed by atoms with Gasteiger partial charge in [0, 0.05) is 5.69 Å². The lowest BCUT2D eigenvalue weighted by atomic mass is 10.1. The molecule has 84 valence electrons. The number of hydrogen-bond donors (Lipinski definition) is 1. The number of hydrogen-bond acceptors (Lipinski definition) is 3. The van der Waals surface area contributed by atoms with E-state index in [9.17, 15) is 9.59 Å². The van der Waals surface area contributed by atoms with Gasteiger partial charge in [0.05, 0.1) is 18.1 Å². The molecule has 4 heteroatoms. The van der Waals surface area contributed by atoms with Gasteiger partial charge in [-0.15, -0.1) is 0 Å². The van der Waals surface area contributed by atoms with Gasteiger partial charge >= 0.3 is 5.97 Å². The second-order valence-corrected chi connectivity index (χ2v) is 4.05. The summed E-state index contributed by atoms with van der Waals surface area (Å²) in [5, 5.41) is 2.70. The van der Waals surface area contributed by atoms with Crippen molar-refractivity contribution >= 4 is 17.6 Å². The predicted molar refractivity (Wildman–Crippen MR) is 59.3 cm³/mol. The molecular weight excluding hydrogens is 206 g/mol. The molecule has 1 aliphatic heterocycles. The van der Waals surface area contributed by atoms with Gasteiger partial charge < -0.3 is 10.1 Å². The zero-order valence-corrected chi connectivity index (χ0v) is 9.24. The highest BCUT2D eigenvalue weighted by molar-refractivity contribution is 6.01. The van der Waals surface area contributed by atoms with Crippen molar-refractivity contribution in [1.82, 2.24) is 0 Å². The Morgan fingerprint density at radius 3 is 2.88 bits per heavy atom. The minimum absolute atomic E-state index is 0.0376. The standard InChI is InChI=1S/C12H13NO3/c1-7(2)16-12(15)9-4-3-8-6-11(14)13-10(8)5-9/h3-5,7H,6H2,1-2H3,(H,13,14). The lowest BCUT2D eigenvalue weighted by molar-refractivity contribution is -0.115. The van der Waals surface area contributed by atoms with E-state index in [-0.39, 0.29) is 18.0 Å². The predicted octanol–water partition coefficient (Wildman–Crippen LogP) is 1.75. The maximum Gasteiger partial charge on any atom is 0.338 e. The van der Waals surface area contributed by atoms with Crippen molar-refractivity contribution in [1.29, 1.82) is 0 Å². The van der Waals surface area contributed by atoms with Gasteiger partial charge in [-0.25, -0.2) is 4.79 Å². The van der Waals surface area contributed by atoms with E-state index in [0.29, 0.717) is 17.7 Å². The van der Waals surface area contributed by atoms with Crippen molar-refractivity contribution in [2.45, 2.75) is 26.4 Å². The Bertz CT molecular complexity index is 452. The minimum Gasteiger partial charge on any atom is -0.459 e. The van der Waals surface area contributed by atoms with Gasteiger partial charge in [-0.05, 0) is 31.5 Å². The topological polar surface area (TPSA) is 55.4 Å². The first-order valence-corrected chi connectivity index (χ1v) is 5.20. The number of esters is 1. The molecule has 0 fully saturated rings. The molecule has 1 aliphatic rings. The van der Waals surface area contributed by atoms with Crippen LogP contribution in [0.4, 0.5) is 5.69 Å². The van der Waals surface area contributed by atoms with E-state index in [1.165, 1.54) is 0 Å². The minimum atomic E-state index is -0.362. The molecule has 16 heavy (non-hydrogen) atoms. The van der Waals surface area contributed by atoms with Gasteiger partial charge in [0.1, 0.15) is 0 Å². The SMILES string of the molecule is CC(C)OC(=O)c1ccc2c(c1)NC(=O)C2. The summed E-state index contributed by atoms with van der Waals surface area (Å²) in [6.45, 7) is 3.60. The number of amides is 1. The van der Waals surface area contributed by atoms with Crippen LogP contribution in [0.15, 0.2) is 18.2 Å². The molecule has 1 N–H and O–H groups in total. The van der Waals surface area contributed by atoms with Gasteiger partial charge in [0.15, 0.2) is 0 Å². The fraction of sp³-hybridized carbons (Fsp3) is 0.333. The van der Waals surface area contributed by atoms with Crippen LogP contribution in [0.2, 0.25) is 0 Å². The summed E-state index contributed by atoms with van der Waals surface area (Å²) in [5.41, 5.74) is 2.10. The molecule has 2 rings (SSSR count). The zero-order chi connectivity index (χ0) is 11.7. The van der Waals surface area contributed by atoms with E-state index in [2.05, 4.69) is 5.32 Å². The van der Waals surface area contributed by atoms with Crippen LogP contribution < -0.4 is 5.32 Å². The molecule has 0 atom stereocenters. The number of anilines is 1. The highest BCUT2D eigenvalue weighted by Crippen LogP contribution is 2.24. The molecule has 0 saturated carbocycles. The third-order valence-corrected chi connectivity index (χ3v) is 2.31. The highest BCUT2D eigenvalue weighted by atomic mass is 16.5. The molecule has 1 amide bonds. The first-order chi connectivity index (χ1) is 7.56. The van der Waals surface area contributed by atoms with Gasteiger partial charge in [-0.2, -0.15) is 0 Å². The zero-order valence-electron chi connectivity index (χ0n) is 9.24. The van der Waals surface area contributed by atoms with Crippen LogP contribution in [0.25, 0.3) is 0 Å². The highest BCUT2D eigenvalue weighted by Gasteiger charge is 2.19. The number of carbonyl (C=O) groups is 2. The number of carbonyl (C=O) groups excluding carboxylic acids is 2. The van der Waals surface area contributed by atoms with Crippen molar-refractivity contribution in [3.8, 4) is 0 Å². The molecule has 0 unspecified atom stereocenters. The fourth-order valence-electron chi connectivity index (χ4n) is 1.62. The number of rotatable bonds is 2. The Hall–Kier alpha value is -1.84. The summed E-state index contributed by atoms with van der Waals surface area (Å²) in [6.07, 6.45) is 0.241. The Labute approximate surface area is 93.6 Å². The Kier molecular flexibility index (Phi) is 2.64. The molecule has 1 aromatic carbocycles. The maximum absolute atomic E-state index is 11.6. The number of ether oxygens (including phenoxy) is 1. The molecule has 0 radical (unpaired) electrons. The lowest BCUT2D eigenvalue weighted by Gasteiger charge is -2.08. The van der Waals surface area contributed by atoms with Crippen LogP contribution >= 0.6 is 0 Å². The molecule has 1 aromatic rings. The van der Waals surface area contributed by atoms with E-state index < -0.39 is 0 Å². The molecular formula is C12H13NO3. The van der Waals surface area contributed by atoms with E-state index in [4.69, 9.17) is 4.74 Å². The normalized spacial score (nSPS) is 13.6.